The topological polar surface area (TPSA) is 77.2 Å². The highest BCUT2D eigenvalue weighted by Gasteiger charge is 2.22. The van der Waals surface area contributed by atoms with Crippen LogP contribution in [0.15, 0.2) is 47.6 Å². The Bertz CT molecular complexity index is 918. The second-order valence-electron chi connectivity index (χ2n) is 7.98. The van der Waals surface area contributed by atoms with Crippen LogP contribution in [0.2, 0.25) is 0 Å². The van der Waals surface area contributed by atoms with Crippen molar-refractivity contribution in [3.05, 3.63) is 53.6 Å². The lowest BCUT2D eigenvalue weighted by Crippen LogP contribution is -2.33. The SMILES string of the molecule is COc1ccc(C2=NN(C(=O)Cc3ccc(N)cc3)CCC2)cc1OC1CCCC1. The number of benzene rings is 2. The number of methoxy groups -OCH3 is 1. The molecule has 0 atom stereocenters. The predicted octanol–water partition coefficient (Wildman–Crippen LogP) is 4.17. The van der Waals surface area contributed by atoms with E-state index in [1.54, 1.807) is 12.1 Å². The van der Waals surface area contributed by atoms with E-state index in [-0.39, 0.29) is 12.0 Å². The van der Waals surface area contributed by atoms with Crippen molar-refractivity contribution in [2.75, 3.05) is 19.4 Å². The van der Waals surface area contributed by atoms with Crippen molar-refractivity contribution in [2.45, 2.75) is 51.0 Å². The van der Waals surface area contributed by atoms with Crippen LogP contribution in [0, 0.1) is 0 Å². The molecule has 6 nitrogen and oxygen atoms in total. The van der Waals surface area contributed by atoms with Crippen molar-refractivity contribution in [2.24, 2.45) is 5.10 Å². The van der Waals surface area contributed by atoms with Crippen LogP contribution in [0.3, 0.4) is 0 Å². The molecule has 2 aliphatic rings. The highest BCUT2D eigenvalue weighted by atomic mass is 16.5. The molecule has 1 amide bonds. The standard InChI is InChI=1S/C24H29N3O3/c1-29-22-13-10-18(16-23(22)30-20-5-2-3-6-20)21-7-4-14-27(26-21)24(28)15-17-8-11-19(25)12-9-17/h8-13,16,20H,2-7,14-15,25H2,1H3. The Morgan fingerprint density at radius 1 is 1.10 bits per heavy atom. The van der Waals surface area contributed by atoms with E-state index in [9.17, 15) is 4.79 Å². The van der Waals surface area contributed by atoms with Gasteiger partial charge in [0.1, 0.15) is 0 Å². The Kier molecular flexibility index (Phi) is 6.21. The zero-order chi connectivity index (χ0) is 20.9. The molecule has 1 heterocycles. The maximum Gasteiger partial charge on any atom is 0.247 e. The van der Waals surface area contributed by atoms with E-state index >= 15 is 0 Å². The Labute approximate surface area is 177 Å². The van der Waals surface area contributed by atoms with Gasteiger partial charge in [0.15, 0.2) is 11.5 Å². The average Bonchev–Trinajstić information content (AvgIpc) is 3.28. The Balaban J connectivity index is 1.51. The van der Waals surface area contributed by atoms with Crippen molar-refractivity contribution < 1.29 is 14.3 Å². The first-order valence-electron chi connectivity index (χ1n) is 10.7. The van der Waals surface area contributed by atoms with Gasteiger partial charge in [-0.1, -0.05) is 12.1 Å². The summed E-state index contributed by atoms with van der Waals surface area (Å²) in [4.78, 5) is 12.8. The lowest BCUT2D eigenvalue weighted by atomic mass is 10.0. The molecule has 0 aromatic heterocycles. The molecule has 158 valence electrons. The molecular weight excluding hydrogens is 378 g/mol. The maximum absolute atomic E-state index is 12.8. The summed E-state index contributed by atoms with van der Waals surface area (Å²) in [7, 11) is 1.66. The first-order chi connectivity index (χ1) is 14.6. The van der Waals surface area contributed by atoms with E-state index in [1.807, 2.05) is 42.5 Å². The van der Waals surface area contributed by atoms with Gasteiger partial charge in [-0.05, 0) is 74.4 Å². The fourth-order valence-corrected chi connectivity index (χ4v) is 4.06. The van der Waals surface area contributed by atoms with E-state index in [0.29, 0.717) is 18.7 Å². The van der Waals surface area contributed by atoms with Gasteiger partial charge in [0, 0.05) is 17.8 Å². The monoisotopic (exact) mass is 407 g/mol. The minimum absolute atomic E-state index is 0.00656. The van der Waals surface area contributed by atoms with Crippen LogP contribution < -0.4 is 15.2 Å². The molecule has 1 saturated carbocycles. The highest BCUT2D eigenvalue weighted by molar-refractivity contribution is 6.02. The number of carbonyl (C=O) groups excluding carboxylic acids is 1. The smallest absolute Gasteiger partial charge is 0.247 e. The Morgan fingerprint density at radius 2 is 1.87 bits per heavy atom. The number of carbonyl (C=O) groups is 1. The van der Waals surface area contributed by atoms with Crippen LogP contribution >= 0.6 is 0 Å². The van der Waals surface area contributed by atoms with Gasteiger partial charge in [0.05, 0.1) is 25.3 Å². The van der Waals surface area contributed by atoms with E-state index in [4.69, 9.17) is 15.2 Å². The van der Waals surface area contributed by atoms with Gasteiger partial charge in [-0.2, -0.15) is 5.10 Å². The lowest BCUT2D eigenvalue weighted by molar-refractivity contribution is -0.130. The summed E-state index contributed by atoms with van der Waals surface area (Å²) in [6.45, 7) is 0.638. The van der Waals surface area contributed by atoms with Crippen molar-refractivity contribution in [1.82, 2.24) is 5.01 Å². The number of amides is 1. The molecule has 0 spiro atoms. The maximum atomic E-state index is 12.8. The van der Waals surface area contributed by atoms with Crippen LogP contribution in [-0.4, -0.2) is 36.4 Å². The van der Waals surface area contributed by atoms with Crippen molar-refractivity contribution in [1.29, 1.82) is 0 Å². The van der Waals surface area contributed by atoms with Gasteiger partial charge < -0.3 is 15.2 Å². The van der Waals surface area contributed by atoms with Crippen molar-refractivity contribution >= 4 is 17.3 Å². The van der Waals surface area contributed by atoms with E-state index in [0.717, 1.165) is 54.0 Å². The van der Waals surface area contributed by atoms with Crippen molar-refractivity contribution in [3.8, 4) is 11.5 Å². The molecule has 1 aliphatic heterocycles. The highest BCUT2D eigenvalue weighted by Crippen LogP contribution is 2.33. The quantitative estimate of drug-likeness (QED) is 0.729. The molecule has 4 rings (SSSR count). The Morgan fingerprint density at radius 3 is 2.60 bits per heavy atom. The number of nitrogens with two attached hydrogens (primary N) is 1. The molecule has 0 unspecified atom stereocenters. The van der Waals surface area contributed by atoms with Gasteiger partial charge in [-0.25, -0.2) is 5.01 Å². The average molecular weight is 408 g/mol. The first-order valence-corrected chi connectivity index (χ1v) is 10.7. The van der Waals surface area contributed by atoms with Gasteiger partial charge in [0.2, 0.25) is 5.91 Å². The summed E-state index contributed by atoms with van der Waals surface area (Å²) in [5.74, 6) is 1.49. The summed E-state index contributed by atoms with van der Waals surface area (Å²) < 4.78 is 11.7. The molecule has 1 fully saturated rings. The summed E-state index contributed by atoms with van der Waals surface area (Å²) in [5.41, 5.74) is 9.25. The minimum Gasteiger partial charge on any atom is -0.493 e. The summed E-state index contributed by atoms with van der Waals surface area (Å²) in [6.07, 6.45) is 6.88. The number of ether oxygens (including phenoxy) is 2. The van der Waals surface area contributed by atoms with E-state index < -0.39 is 0 Å². The first kappa shape index (κ1) is 20.3. The third-order valence-electron chi connectivity index (χ3n) is 5.74. The second kappa shape index (κ2) is 9.20. The lowest BCUT2D eigenvalue weighted by Gasteiger charge is -2.24. The zero-order valence-electron chi connectivity index (χ0n) is 17.5. The number of nitrogens with zero attached hydrogens (tertiary/aromatic N) is 2. The number of hydrazone groups is 1. The summed E-state index contributed by atoms with van der Waals surface area (Å²) >= 11 is 0. The molecular formula is C24H29N3O3. The van der Waals surface area contributed by atoms with Gasteiger partial charge in [0.25, 0.3) is 0 Å². The molecule has 1 aliphatic carbocycles. The van der Waals surface area contributed by atoms with Crippen LogP contribution in [-0.2, 0) is 11.2 Å². The molecule has 2 N–H and O–H groups in total. The Hall–Kier alpha value is -3.02. The van der Waals surface area contributed by atoms with Crippen molar-refractivity contribution in [3.63, 3.8) is 0 Å². The summed E-state index contributed by atoms with van der Waals surface area (Å²) in [6, 6.07) is 13.3. The number of nitrogen functional groups attached to an aromatic ring is 1. The normalized spacial score (nSPS) is 17.0. The van der Waals surface area contributed by atoms with Crippen LogP contribution in [0.25, 0.3) is 0 Å². The third kappa shape index (κ3) is 4.75. The van der Waals surface area contributed by atoms with E-state index in [2.05, 4.69) is 5.10 Å². The summed E-state index contributed by atoms with van der Waals surface area (Å²) in [5, 5.41) is 6.27. The second-order valence-corrected chi connectivity index (χ2v) is 7.98. The molecule has 0 radical (unpaired) electrons. The predicted molar refractivity (Wildman–Crippen MR) is 118 cm³/mol. The van der Waals surface area contributed by atoms with Crippen LogP contribution in [0.5, 0.6) is 11.5 Å². The van der Waals surface area contributed by atoms with E-state index in [1.165, 1.54) is 12.8 Å². The number of hydrogen-bond donors (Lipinski definition) is 1. The van der Waals surface area contributed by atoms with Gasteiger partial charge >= 0.3 is 0 Å². The molecule has 30 heavy (non-hydrogen) atoms. The number of rotatable bonds is 6. The molecule has 6 heteroatoms. The minimum atomic E-state index is -0.00656. The van der Waals surface area contributed by atoms with Crippen LogP contribution in [0.1, 0.15) is 49.7 Å². The fourth-order valence-electron chi connectivity index (χ4n) is 4.06. The molecule has 2 aromatic carbocycles. The zero-order valence-corrected chi connectivity index (χ0v) is 17.5. The van der Waals surface area contributed by atoms with Gasteiger partial charge in [-0.3, -0.25) is 4.79 Å². The largest absolute Gasteiger partial charge is 0.493 e. The third-order valence-corrected chi connectivity index (χ3v) is 5.74. The number of anilines is 1. The molecule has 0 bridgehead atoms. The van der Waals surface area contributed by atoms with Crippen LogP contribution in [0.4, 0.5) is 5.69 Å². The molecule has 2 aromatic rings. The van der Waals surface area contributed by atoms with Gasteiger partial charge in [-0.15, -0.1) is 0 Å². The number of hydrogen-bond acceptors (Lipinski definition) is 5. The fraction of sp³-hybridized carbons (Fsp3) is 0.417. The molecule has 0 saturated heterocycles.